The van der Waals surface area contributed by atoms with Crippen LogP contribution >= 0.6 is 27.5 Å². The third-order valence-corrected chi connectivity index (χ3v) is 4.36. The third-order valence-electron chi connectivity index (χ3n) is 3.07. The first-order valence-electron chi connectivity index (χ1n) is 5.96. The average molecular weight is 347 g/mol. The number of nitrogens with one attached hydrogen (secondary N) is 1. The van der Waals surface area contributed by atoms with Crippen LogP contribution in [0.3, 0.4) is 0 Å². The van der Waals surface area contributed by atoms with E-state index in [4.69, 9.17) is 16.7 Å². The van der Waals surface area contributed by atoms with Crippen LogP contribution < -0.4 is 5.32 Å². The molecule has 1 aromatic carbocycles. The average Bonchev–Trinajstić information content (AvgIpc) is 3.15. The highest BCUT2D eigenvalue weighted by Crippen LogP contribution is 2.33. The minimum atomic E-state index is -1.01. The molecule has 1 unspecified atom stereocenters. The molecule has 102 valence electrons. The summed E-state index contributed by atoms with van der Waals surface area (Å²) in [7, 11) is 0. The van der Waals surface area contributed by atoms with Crippen LogP contribution in [0.5, 0.6) is 0 Å². The van der Waals surface area contributed by atoms with Crippen molar-refractivity contribution in [2.24, 2.45) is 5.92 Å². The quantitative estimate of drug-likeness (QED) is 0.861. The Morgan fingerprint density at radius 1 is 1.47 bits per heavy atom. The second-order valence-corrected chi connectivity index (χ2v) is 5.88. The van der Waals surface area contributed by atoms with Gasteiger partial charge < -0.3 is 10.4 Å². The molecule has 0 saturated heterocycles. The summed E-state index contributed by atoms with van der Waals surface area (Å²) >= 11 is 9.25. The summed E-state index contributed by atoms with van der Waals surface area (Å²) < 4.78 is 0.607. The number of carboxylic acids is 1. The normalized spacial score (nSPS) is 15.9. The smallest absolute Gasteiger partial charge is 0.326 e. The minimum Gasteiger partial charge on any atom is -0.480 e. The second-order valence-electron chi connectivity index (χ2n) is 4.64. The molecule has 4 nitrogen and oxygen atoms in total. The van der Waals surface area contributed by atoms with E-state index in [9.17, 15) is 9.59 Å². The summed E-state index contributed by atoms with van der Waals surface area (Å²) in [6.45, 7) is 0. The van der Waals surface area contributed by atoms with Crippen LogP contribution in [0.15, 0.2) is 22.7 Å². The Kier molecular flexibility index (Phi) is 4.47. The maximum absolute atomic E-state index is 12.1. The molecular weight excluding hydrogens is 334 g/mol. The molecule has 1 amide bonds. The monoisotopic (exact) mass is 345 g/mol. The number of rotatable bonds is 5. The Morgan fingerprint density at radius 2 is 2.16 bits per heavy atom. The number of hydrogen-bond donors (Lipinski definition) is 2. The van der Waals surface area contributed by atoms with Gasteiger partial charge >= 0.3 is 5.97 Å². The highest BCUT2D eigenvalue weighted by atomic mass is 79.9. The van der Waals surface area contributed by atoms with Crippen molar-refractivity contribution in [3.63, 3.8) is 0 Å². The van der Waals surface area contributed by atoms with Gasteiger partial charge in [-0.25, -0.2) is 4.79 Å². The van der Waals surface area contributed by atoms with Crippen LogP contribution in [-0.4, -0.2) is 23.0 Å². The number of amides is 1. The topological polar surface area (TPSA) is 66.4 Å². The van der Waals surface area contributed by atoms with Crippen LogP contribution in [0.25, 0.3) is 0 Å². The SMILES string of the molecule is O=C(NC(CC1CC1)C(=O)O)c1cccc(Br)c1Cl. The predicted octanol–water partition coefficient (Wildman–Crippen LogP) is 3.09. The number of carbonyl (C=O) groups excluding carboxylic acids is 1. The van der Waals surface area contributed by atoms with Crippen molar-refractivity contribution in [1.29, 1.82) is 0 Å². The molecule has 19 heavy (non-hydrogen) atoms. The van der Waals surface area contributed by atoms with Gasteiger partial charge in [0.2, 0.25) is 0 Å². The molecule has 0 bridgehead atoms. The molecule has 1 saturated carbocycles. The molecule has 0 spiro atoms. The zero-order valence-corrected chi connectivity index (χ0v) is 12.4. The number of benzene rings is 1. The highest BCUT2D eigenvalue weighted by molar-refractivity contribution is 9.10. The zero-order chi connectivity index (χ0) is 14.0. The van der Waals surface area contributed by atoms with Crippen molar-refractivity contribution in [3.8, 4) is 0 Å². The summed E-state index contributed by atoms with van der Waals surface area (Å²) in [5.41, 5.74) is 0.276. The molecule has 2 rings (SSSR count). The first kappa shape index (κ1) is 14.3. The number of carbonyl (C=O) groups is 2. The van der Waals surface area contributed by atoms with Gasteiger partial charge in [-0.05, 0) is 40.4 Å². The van der Waals surface area contributed by atoms with Crippen molar-refractivity contribution in [2.45, 2.75) is 25.3 Å². The predicted molar refractivity (Wildman–Crippen MR) is 75.4 cm³/mol. The first-order chi connectivity index (χ1) is 8.99. The Labute approximate surface area is 124 Å². The van der Waals surface area contributed by atoms with E-state index in [1.54, 1.807) is 18.2 Å². The van der Waals surface area contributed by atoms with Gasteiger partial charge in [0.25, 0.3) is 5.91 Å². The number of hydrogen-bond acceptors (Lipinski definition) is 2. The van der Waals surface area contributed by atoms with E-state index in [0.717, 1.165) is 12.8 Å². The molecule has 1 fully saturated rings. The van der Waals surface area contributed by atoms with Crippen LogP contribution in [-0.2, 0) is 4.79 Å². The summed E-state index contributed by atoms with van der Waals surface area (Å²) in [6.07, 6.45) is 2.56. The van der Waals surface area contributed by atoms with Crippen molar-refractivity contribution in [3.05, 3.63) is 33.3 Å². The van der Waals surface area contributed by atoms with Crippen molar-refractivity contribution >= 4 is 39.4 Å². The lowest BCUT2D eigenvalue weighted by atomic mass is 10.1. The van der Waals surface area contributed by atoms with Crippen molar-refractivity contribution in [1.82, 2.24) is 5.32 Å². The lowest BCUT2D eigenvalue weighted by molar-refractivity contribution is -0.139. The van der Waals surface area contributed by atoms with E-state index < -0.39 is 17.9 Å². The van der Waals surface area contributed by atoms with E-state index in [1.165, 1.54) is 0 Å². The fraction of sp³-hybridized carbons (Fsp3) is 0.385. The largest absolute Gasteiger partial charge is 0.480 e. The molecule has 0 heterocycles. The van der Waals surface area contributed by atoms with E-state index in [-0.39, 0.29) is 10.6 Å². The first-order valence-corrected chi connectivity index (χ1v) is 7.14. The van der Waals surface area contributed by atoms with Crippen molar-refractivity contribution in [2.75, 3.05) is 0 Å². The lowest BCUT2D eigenvalue weighted by Crippen LogP contribution is -2.41. The zero-order valence-electron chi connectivity index (χ0n) is 10.0. The Morgan fingerprint density at radius 3 is 2.74 bits per heavy atom. The van der Waals surface area contributed by atoms with Gasteiger partial charge in [0.05, 0.1) is 10.6 Å². The van der Waals surface area contributed by atoms with E-state index in [2.05, 4.69) is 21.2 Å². The third kappa shape index (κ3) is 3.70. The van der Waals surface area contributed by atoms with Gasteiger partial charge in [-0.1, -0.05) is 30.5 Å². The fourth-order valence-electron chi connectivity index (χ4n) is 1.82. The molecule has 1 aromatic rings. The van der Waals surface area contributed by atoms with Gasteiger partial charge in [0.15, 0.2) is 0 Å². The van der Waals surface area contributed by atoms with E-state index >= 15 is 0 Å². The highest BCUT2D eigenvalue weighted by Gasteiger charge is 2.30. The summed E-state index contributed by atoms with van der Waals surface area (Å²) in [4.78, 5) is 23.2. The van der Waals surface area contributed by atoms with Crippen molar-refractivity contribution < 1.29 is 14.7 Å². The van der Waals surface area contributed by atoms with Gasteiger partial charge in [0, 0.05) is 4.47 Å². The van der Waals surface area contributed by atoms with Gasteiger partial charge in [-0.2, -0.15) is 0 Å². The van der Waals surface area contributed by atoms with E-state index in [0.29, 0.717) is 16.8 Å². The minimum absolute atomic E-state index is 0.276. The molecular formula is C13H13BrClNO3. The van der Waals surface area contributed by atoms with Gasteiger partial charge in [-0.3, -0.25) is 4.79 Å². The van der Waals surface area contributed by atoms with Crippen LogP contribution in [0, 0.1) is 5.92 Å². The molecule has 0 aromatic heterocycles. The number of halogens is 2. The standard InChI is InChI=1S/C13H13BrClNO3/c14-9-3-1-2-8(11(9)15)12(17)16-10(13(18)19)6-7-4-5-7/h1-3,7,10H,4-6H2,(H,16,17)(H,18,19). The van der Waals surface area contributed by atoms with Gasteiger partial charge in [-0.15, -0.1) is 0 Å². The Hall–Kier alpha value is -1.07. The van der Waals surface area contributed by atoms with Crippen LogP contribution in [0.2, 0.25) is 5.02 Å². The molecule has 0 radical (unpaired) electrons. The summed E-state index contributed by atoms with van der Waals surface area (Å²) in [5, 5.41) is 11.9. The molecule has 2 N–H and O–H groups in total. The lowest BCUT2D eigenvalue weighted by Gasteiger charge is -2.15. The fourth-order valence-corrected chi connectivity index (χ4v) is 2.40. The second kappa shape index (κ2) is 5.92. The van der Waals surface area contributed by atoms with Crippen LogP contribution in [0.1, 0.15) is 29.6 Å². The maximum atomic E-state index is 12.1. The molecule has 1 aliphatic rings. The Balaban J connectivity index is 2.09. The molecule has 0 aliphatic heterocycles. The molecule has 6 heteroatoms. The summed E-state index contributed by atoms with van der Waals surface area (Å²) in [6, 6.07) is 4.12. The Bertz CT molecular complexity index is 517. The number of carboxylic acid groups (broad SMARTS) is 1. The maximum Gasteiger partial charge on any atom is 0.326 e. The van der Waals surface area contributed by atoms with E-state index in [1.807, 2.05) is 0 Å². The molecule has 1 atom stereocenters. The summed E-state index contributed by atoms with van der Waals surface area (Å²) in [5.74, 6) is -1.05. The molecule has 1 aliphatic carbocycles. The number of aliphatic carboxylic acids is 1. The van der Waals surface area contributed by atoms with Crippen LogP contribution in [0.4, 0.5) is 0 Å². The van der Waals surface area contributed by atoms with Gasteiger partial charge in [0.1, 0.15) is 6.04 Å².